The highest BCUT2D eigenvalue weighted by molar-refractivity contribution is 5.75. The third-order valence-corrected chi connectivity index (χ3v) is 3.43. The minimum absolute atomic E-state index is 0.0964. The molecular weight excluding hydrogens is 224 g/mol. The predicted octanol–water partition coefficient (Wildman–Crippen LogP) is 2.16. The fourth-order valence-corrected chi connectivity index (χ4v) is 2.39. The molecule has 90 valence electrons. The Hall–Kier alpha value is -1.49. The van der Waals surface area contributed by atoms with E-state index in [2.05, 4.69) is 22.2 Å². The van der Waals surface area contributed by atoms with Gasteiger partial charge in [0.2, 0.25) is 0 Å². The Labute approximate surface area is 97.2 Å². The van der Waals surface area contributed by atoms with Crippen LogP contribution in [0.3, 0.4) is 0 Å². The fourth-order valence-electron chi connectivity index (χ4n) is 2.39. The van der Waals surface area contributed by atoms with Gasteiger partial charge < -0.3 is 10.3 Å². The largest absolute Gasteiger partial charge is 0.342 e. The topological polar surface area (TPSA) is 40.7 Å². The molecule has 1 aliphatic heterocycles. The summed E-state index contributed by atoms with van der Waals surface area (Å²) in [6, 6.07) is 2.65. The fraction of sp³-hybridized carbons (Fsp3) is 0.417. The quantitative estimate of drug-likeness (QED) is 0.798. The van der Waals surface area contributed by atoms with Crippen molar-refractivity contribution in [3.8, 4) is 0 Å². The number of halogens is 2. The SMILES string of the molecule is CC1CNCC1c1nc2c(F)c(F)ccc2[nH]1. The van der Waals surface area contributed by atoms with E-state index < -0.39 is 11.6 Å². The molecule has 0 amide bonds. The van der Waals surface area contributed by atoms with Crippen molar-refractivity contribution in [2.24, 2.45) is 5.92 Å². The van der Waals surface area contributed by atoms with Crippen LogP contribution < -0.4 is 5.32 Å². The number of imidazole rings is 1. The molecule has 3 nitrogen and oxygen atoms in total. The number of nitrogens with zero attached hydrogens (tertiary/aromatic N) is 1. The van der Waals surface area contributed by atoms with Gasteiger partial charge in [-0.2, -0.15) is 0 Å². The third-order valence-electron chi connectivity index (χ3n) is 3.43. The van der Waals surface area contributed by atoms with Crippen LogP contribution >= 0.6 is 0 Å². The van der Waals surface area contributed by atoms with Crippen molar-refractivity contribution in [3.63, 3.8) is 0 Å². The number of fused-ring (bicyclic) bond motifs is 1. The van der Waals surface area contributed by atoms with Crippen molar-refractivity contribution in [1.29, 1.82) is 0 Å². The summed E-state index contributed by atoms with van der Waals surface area (Å²) in [4.78, 5) is 7.27. The number of aromatic nitrogens is 2. The van der Waals surface area contributed by atoms with Gasteiger partial charge in [0.05, 0.1) is 5.52 Å². The van der Waals surface area contributed by atoms with E-state index in [9.17, 15) is 8.78 Å². The molecule has 2 N–H and O–H groups in total. The highest BCUT2D eigenvalue weighted by atomic mass is 19.2. The summed E-state index contributed by atoms with van der Waals surface area (Å²) in [5.41, 5.74) is 0.650. The normalized spacial score (nSPS) is 24.6. The van der Waals surface area contributed by atoms with Gasteiger partial charge in [0.15, 0.2) is 11.6 Å². The molecule has 0 saturated carbocycles. The Balaban J connectivity index is 2.10. The van der Waals surface area contributed by atoms with Gasteiger partial charge in [-0.05, 0) is 24.6 Å². The highest BCUT2D eigenvalue weighted by Gasteiger charge is 2.27. The van der Waals surface area contributed by atoms with Crippen molar-refractivity contribution >= 4 is 11.0 Å². The maximum Gasteiger partial charge on any atom is 0.186 e. The van der Waals surface area contributed by atoms with Gasteiger partial charge in [-0.25, -0.2) is 13.8 Å². The van der Waals surface area contributed by atoms with Gasteiger partial charge in [0.25, 0.3) is 0 Å². The summed E-state index contributed by atoms with van der Waals surface area (Å²) in [6.45, 7) is 3.87. The Morgan fingerprint density at radius 3 is 2.82 bits per heavy atom. The molecule has 1 aromatic carbocycles. The van der Waals surface area contributed by atoms with Gasteiger partial charge in [-0.15, -0.1) is 0 Å². The standard InChI is InChI=1S/C12H13F2N3/c1-6-4-15-5-7(6)12-16-9-3-2-8(13)10(14)11(9)17-12/h2-3,6-7,15H,4-5H2,1H3,(H,16,17). The molecule has 1 fully saturated rings. The van der Waals surface area contributed by atoms with Crippen LogP contribution in [0.25, 0.3) is 11.0 Å². The number of benzene rings is 1. The first-order chi connectivity index (χ1) is 8.16. The van der Waals surface area contributed by atoms with E-state index in [0.29, 0.717) is 11.4 Å². The van der Waals surface area contributed by atoms with Crippen molar-refractivity contribution in [1.82, 2.24) is 15.3 Å². The molecule has 2 unspecified atom stereocenters. The molecule has 1 aliphatic rings. The van der Waals surface area contributed by atoms with Gasteiger partial charge in [0.1, 0.15) is 11.3 Å². The third kappa shape index (κ3) is 1.61. The van der Waals surface area contributed by atoms with Crippen LogP contribution in [0.15, 0.2) is 12.1 Å². The number of H-pyrrole nitrogens is 1. The molecule has 2 heterocycles. The summed E-state index contributed by atoms with van der Waals surface area (Å²) in [7, 11) is 0. The van der Waals surface area contributed by atoms with Gasteiger partial charge >= 0.3 is 0 Å². The zero-order chi connectivity index (χ0) is 12.0. The molecule has 2 aromatic rings. The van der Waals surface area contributed by atoms with Crippen molar-refractivity contribution < 1.29 is 8.78 Å². The van der Waals surface area contributed by atoms with Crippen molar-refractivity contribution in [2.45, 2.75) is 12.8 Å². The lowest BCUT2D eigenvalue weighted by atomic mass is 9.98. The summed E-state index contributed by atoms with van der Waals surface area (Å²) < 4.78 is 26.6. The monoisotopic (exact) mass is 237 g/mol. The minimum Gasteiger partial charge on any atom is -0.342 e. The van der Waals surface area contributed by atoms with Crippen LogP contribution in [0.4, 0.5) is 8.78 Å². The lowest BCUT2D eigenvalue weighted by Crippen LogP contribution is -2.09. The van der Waals surface area contributed by atoms with E-state index in [1.165, 1.54) is 6.07 Å². The maximum atomic E-state index is 13.5. The number of aromatic amines is 1. The van der Waals surface area contributed by atoms with Crippen LogP contribution in [0.1, 0.15) is 18.7 Å². The van der Waals surface area contributed by atoms with Crippen LogP contribution in [-0.4, -0.2) is 23.1 Å². The first-order valence-corrected chi connectivity index (χ1v) is 5.71. The van der Waals surface area contributed by atoms with Crippen molar-refractivity contribution in [2.75, 3.05) is 13.1 Å². The van der Waals surface area contributed by atoms with E-state index in [0.717, 1.165) is 25.0 Å². The highest BCUT2D eigenvalue weighted by Crippen LogP contribution is 2.28. The maximum absolute atomic E-state index is 13.5. The average Bonchev–Trinajstić information content (AvgIpc) is 2.89. The average molecular weight is 237 g/mol. The van der Waals surface area contributed by atoms with Gasteiger partial charge in [-0.3, -0.25) is 0 Å². The Morgan fingerprint density at radius 1 is 1.29 bits per heavy atom. The van der Waals surface area contributed by atoms with Crippen LogP contribution in [0.2, 0.25) is 0 Å². The molecular formula is C12H13F2N3. The molecule has 1 aromatic heterocycles. The van der Waals surface area contributed by atoms with Crippen molar-refractivity contribution in [3.05, 3.63) is 29.6 Å². The first kappa shape index (κ1) is 10.7. The first-order valence-electron chi connectivity index (χ1n) is 5.71. The number of nitrogens with one attached hydrogen (secondary N) is 2. The van der Waals surface area contributed by atoms with E-state index in [-0.39, 0.29) is 11.4 Å². The number of hydrogen-bond acceptors (Lipinski definition) is 2. The molecule has 0 aliphatic carbocycles. The molecule has 0 spiro atoms. The number of hydrogen-bond donors (Lipinski definition) is 2. The van der Waals surface area contributed by atoms with E-state index in [1.54, 1.807) is 0 Å². The Kier molecular flexibility index (Phi) is 2.36. The Bertz CT molecular complexity index is 564. The van der Waals surface area contributed by atoms with Crippen LogP contribution in [-0.2, 0) is 0 Å². The lowest BCUT2D eigenvalue weighted by molar-refractivity contribution is 0.514. The predicted molar refractivity (Wildman–Crippen MR) is 60.8 cm³/mol. The second-order valence-corrected chi connectivity index (χ2v) is 4.62. The van der Waals surface area contributed by atoms with E-state index in [4.69, 9.17) is 0 Å². The molecule has 5 heteroatoms. The Morgan fingerprint density at radius 2 is 2.12 bits per heavy atom. The molecule has 3 rings (SSSR count). The summed E-state index contributed by atoms with van der Waals surface area (Å²) >= 11 is 0. The minimum atomic E-state index is -0.872. The summed E-state index contributed by atoms with van der Waals surface area (Å²) in [5, 5.41) is 3.26. The molecule has 1 saturated heterocycles. The molecule has 2 atom stereocenters. The molecule has 0 bridgehead atoms. The second-order valence-electron chi connectivity index (χ2n) is 4.62. The van der Waals surface area contributed by atoms with Gasteiger partial charge in [-0.1, -0.05) is 6.92 Å². The van der Waals surface area contributed by atoms with Crippen LogP contribution in [0.5, 0.6) is 0 Å². The second kappa shape index (κ2) is 3.77. The van der Waals surface area contributed by atoms with E-state index >= 15 is 0 Å². The lowest BCUT2D eigenvalue weighted by Gasteiger charge is -2.09. The zero-order valence-electron chi connectivity index (χ0n) is 9.43. The van der Waals surface area contributed by atoms with Gasteiger partial charge in [0, 0.05) is 12.5 Å². The summed E-state index contributed by atoms with van der Waals surface area (Å²) in [6.07, 6.45) is 0. The zero-order valence-corrected chi connectivity index (χ0v) is 9.43. The molecule has 17 heavy (non-hydrogen) atoms. The van der Waals surface area contributed by atoms with Crippen LogP contribution in [0, 0.1) is 17.6 Å². The smallest absolute Gasteiger partial charge is 0.186 e. The molecule has 0 radical (unpaired) electrons. The van der Waals surface area contributed by atoms with E-state index in [1.807, 2.05) is 0 Å². The number of rotatable bonds is 1. The summed E-state index contributed by atoms with van der Waals surface area (Å²) in [5.74, 6) is -0.299.